The summed E-state index contributed by atoms with van der Waals surface area (Å²) in [5.41, 5.74) is 0. The number of nitrogens with one attached hydrogen (secondary N) is 2. The van der Waals surface area contributed by atoms with Crippen LogP contribution in [0.1, 0.15) is 44.5 Å². The van der Waals surface area contributed by atoms with Crippen LogP contribution in [0.2, 0.25) is 0 Å². The molecule has 7 nitrogen and oxygen atoms in total. The maximum Gasteiger partial charge on any atom is 0.445 e. The van der Waals surface area contributed by atoms with E-state index < -0.39 is 17.1 Å². The van der Waals surface area contributed by atoms with Gasteiger partial charge < -0.3 is 10.6 Å². The summed E-state index contributed by atoms with van der Waals surface area (Å²) >= 11 is 0.297. The number of rotatable bonds is 7. The summed E-state index contributed by atoms with van der Waals surface area (Å²) in [6.45, 7) is 4.80. The number of nitrogens with zero attached hydrogens (tertiary/aromatic N) is 3. The van der Waals surface area contributed by atoms with Crippen molar-refractivity contribution in [1.29, 1.82) is 0 Å². The van der Waals surface area contributed by atoms with Crippen LogP contribution >= 0.6 is 11.3 Å². The van der Waals surface area contributed by atoms with E-state index in [1.165, 1.54) is 13.1 Å². The van der Waals surface area contributed by atoms with Gasteiger partial charge in [0.15, 0.2) is 0 Å². The molecule has 2 atom stereocenters. The van der Waals surface area contributed by atoms with Gasteiger partial charge in [0.25, 0.3) is 5.91 Å². The summed E-state index contributed by atoms with van der Waals surface area (Å²) in [7, 11) is 1.33. The molecular formula is C18H26F3N5O2S. The zero-order chi connectivity index (χ0) is 21.6. The quantitative estimate of drug-likeness (QED) is 0.646. The Bertz CT molecular complexity index is 729. The lowest BCUT2D eigenvalue weighted by Gasteiger charge is -2.25. The van der Waals surface area contributed by atoms with Crippen LogP contribution in [-0.2, 0) is 15.8 Å². The third-order valence-corrected chi connectivity index (χ3v) is 5.47. The average Bonchev–Trinajstić information content (AvgIpc) is 3.16. The van der Waals surface area contributed by atoms with E-state index in [0.29, 0.717) is 17.8 Å². The van der Waals surface area contributed by atoms with Crippen molar-refractivity contribution in [1.82, 2.24) is 20.8 Å². The Morgan fingerprint density at radius 3 is 2.62 bits per heavy atom. The third kappa shape index (κ3) is 7.07. The topological polar surface area (TPSA) is 87.2 Å². The molecule has 1 aromatic rings. The first-order valence-corrected chi connectivity index (χ1v) is 10.3. The van der Waals surface area contributed by atoms with Crippen LogP contribution in [0.25, 0.3) is 0 Å². The molecule has 0 spiro atoms. The molecule has 0 radical (unpaired) electrons. The zero-order valence-electron chi connectivity index (χ0n) is 16.6. The van der Waals surface area contributed by atoms with Gasteiger partial charge in [-0.1, -0.05) is 37.7 Å². The number of hydrogen-bond donors (Lipinski definition) is 2. The van der Waals surface area contributed by atoms with Gasteiger partial charge in [-0.2, -0.15) is 13.2 Å². The molecule has 2 rings (SSSR count). The molecule has 1 aliphatic heterocycles. The third-order valence-electron chi connectivity index (χ3n) is 4.43. The van der Waals surface area contributed by atoms with E-state index >= 15 is 0 Å². The molecule has 11 heteroatoms. The molecule has 0 aromatic carbocycles. The standard InChI is InChI=1S/C18H26F3N5O2S/c1-11(2)10-12(23-15(28)13-6-4-5-9-22-13)7-8-14(27)26(3)17-25-24-16(29-17)18(19,20)21/h7-8,11-13,22H,4-6,9-10H2,1-3H3,(H,23,28)/b8-7+/t12-,13?/m1/s1. The Morgan fingerprint density at radius 2 is 2.07 bits per heavy atom. The Labute approximate surface area is 171 Å². The van der Waals surface area contributed by atoms with Crippen LogP contribution in [0.4, 0.5) is 18.3 Å². The summed E-state index contributed by atoms with van der Waals surface area (Å²) in [5, 5.41) is 11.4. The SMILES string of the molecule is CC(C)C[C@@H](/C=C/C(=O)N(C)c1nnc(C(F)(F)F)s1)NC(=O)C1CCCCN1. The number of carbonyl (C=O) groups excluding carboxylic acids is 2. The first kappa shape index (κ1) is 23.3. The van der Waals surface area contributed by atoms with Crippen molar-refractivity contribution in [2.45, 2.75) is 57.8 Å². The molecule has 0 bridgehead atoms. The van der Waals surface area contributed by atoms with E-state index in [4.69, 9.17) is 0 Å². The number of likely N-dealkylation sites (N-methyl/N-ethyl adjacent to an activating group) is 1. The normalized spacial score (nSPS) is 18.8. The summed E-state index contributed by atoms with van der Waals surface area (Å²) in [4.78, 5) is 25.8. The van der Waals surface area contributed by atoms with Gasteiger partial charge in [0, 0.05) is 19.2 Å². The van der Waals surface area contributed by atoms with E-state index in [1.54, 1.807) is 6.08 Å². The maximum absolute atomic E-state index is 12.7. The molecule has 1 saturated heterocycles. The summed E-state index contributed by atoms with van der Waals surface area (Å²) in [6.07, 6.45) is 1.65. The summed E-state index contributed by atoms with van der Waals surface area (Å²) in [6, 6.07) is -0.601. The van der Waals surface area contributed by atoms with Gasteiger partial charge in [0.1, 0.15) is 0 Å². The van der Waals surface area contributed by atoms with Crippen molar-refractivity contribution >= 4 is 28.3 Å². The highest BCUT2D eigenvalue weighted by molar-refractivity contribution is 7.15. The van der Waals surface area contributed by atoms with Gasteiger partial charge >= 0.3 is 6.18 Å². The number of halogens is 3. The molecule has 0 saturated carbocycles. The van der Waals surface area contributed by atoms with Crippen molar-refractivity contribution < 1.29 is 22.8 Å². The molecule has 1 unspecified atom stereocenters. The van der Waals surface area contributed by atoms with Crippen LogP contribution in [0.3, 0.4) is 0 Å². The Hall–Kier alpha value is -2.01. The number of aromatic nitrogens is 2. The van der Waals surface area contributed by atoms with Gasteiger partial charge in [-0.15, -0.1) is 10.2 Å². The predicted molar refractivity (Wildman–Crippen MR) is 104 cm³/mol. The second-order valence-electron chi connectivity index (χ2n) is 7.39. The lowest BCUT2D eigenvalue weighted by Crippen LogP contribution is -2.49. The molecular weight excluding hydrogens is 407 g/mol. The minimum Gasteiger partial charge on any atom is -0.349 e. The van der Waals surface area contributed by atoms with Crippen molar-refractivity contribution in [2.75, 3.05) is 18.5 Å². The minimum absolute atomic E-state index is 0.111. The van der Waals surface area contributed by atoms with Crippen LogP contribution in [0.15, 0.2) is 12.2 Å². The van der Waals surface area contributed by atoms with E-state index in [2.05, 4.69) is 20.8 Å². The highest BCUT2D eigenvalue weighted by Crippen LogP contribution is 2.34. The summed E-state index contributed by atoms with van der Waals surface area (Å²) < 4.78 is 38.0. The smallest absolute Gasteiger partial charge is 0.349 e. The number of anilines is 1. The molecule has 1 aromatic heterocycles. The first-order chi connectivity index (χ1) is 13.6. The molecule has 2 amide bonds. The number of hydrogen-bond acceptors (Lipinski definition) is 6. The van der Waals surface area contributed by atoms with Gasteiger partial charge in [0.2, 0.25) is 16.0 Å². The van der Waals surface area contributed by atoms with E-state index in [0.717, 1.165) is 30.7 Å². The van der Waals surface area contributed by atoms with Crippen molar-refractivity contribution in [3.63, 3.8) is 0 Å². The zero-order valence-corrected chi connectivity index (χ0v) is 17.4. The van der Waals surface area contributed by atoms with E-state index in [-0.39, 0.29) is 29.0 Å². The van der Waals surface area contributed by atoms with Gasteiger partial charge in [-0.25, -0.2) is 0 Å². The molecule has 0 aliphatic carbocycles. The number of amides is 2. The lowest BCUT2D eigenvalue weighted by atomic mass is 10.0. The van der Waals surface area contributed by atoms with Crippen molar-refractivity contribution in [3.05, 3.63) is 17.2 Å². The largest absolute Gasteiger partial charge is 0.445 e. The first-order valence-electron chi connectivity index (χ1n) is 9.48. The molecule has 29 heavy (non-hydrogen) atoms. The monoisotopic (exact) mass is 433 g/mol. The van der Waals surface area contributed by atoms with Crippen LogP contribution in [0.5, 0.6) is 0 Å². The lowest BCUT2D eigenvalue weighted by molar-refractivity contribution is -0.138. The van der Waals surface area contributed by atoms with Crippen molar-refractivity contribution in [2.24, 2.45) is 5.92 Å². The number of alkyl halides is 3. The van der Waals surface area contributed by atoms with Crippen LogP contribution < -0.4 is 15.5 Å². The Balaban J connectivity index is 2.01. The fourth-order valence-electron chi connectivity index (χ4n) is 2.92. The fraction of sp³-hybridized carbons (Fsp3) is 0.667. The second kappa shape index (κ2) is 10.1. The van der Waals surface area contributed by atoms with Gasteiger partial charge in [0.05, 0.1) is 6.04 Å². The molecule has 162 valence electrons. The van der Waals surface area contributed by atoms with Crippen molar-refractivity contribution in [3.8, 4) is 0 Å². The second-order valence-corrected chi connectivity index (χ2v) is 8.35. The molecule has 2 heterocycles. The van der Waals surface area contributed by atoms with Gasteiger partial charge in [-0.3, -0.25) is 14.5 Å². The average molecular weight is 434 g/mol. The molecule has 2 N–H and O–H groups in total. The highest BCUT2D eigenvalue weighted by Gasteiger charge is 2.36. The number of piperidine rings is 1. The maximum atomic E-state index is 12.7. The Morgan fingerprint density at radius 1 is 1.34 bits per heavy atom. The van der Waals surface area contributed by atoms with Crippen LogP contribution in [0, 0.1) is 5.92 Å². The van der Waals surface area contributed by atoms with Crippen LogP contribution in [-0.4, -0.2) is 47.7 Å². The number of carbonyl (C=O) groups is 2. The highest BCUT2D eigenvalue weighted by atomic mass is 32.1. The molecule has 1 fully saturated rings. The molecule has 1 aliphatic rings. The van der Waals surface area contributed by atoms with E-state index in [9.17, 15) is 22.8 Å². The van der Waals surface area contributed by atoms with E-state index in [1.807, 2.05) is 13.8 Å². The fourth-order valence-corrected chi connectivity index (χ4v) is 3.60. The van der Waals surface area contributed by atoms with Gasteiger partial charge in [-0.05, 0) is 31.7 Å². The Kier molecular flexibility index (Phi) is 8.14. The summed E-state index contributed by atoms with van der Waals surface area (Å²) in [5.74, 6) is -0.386. The minimum atomic E-state index is -4.60. The predicted octanol–water partition coefficient (Wildman–Crippen LogP) is 2.75.